The predicted molar refractivity (Wildman–Crippen MR) is 47.3 cm³/mol. The number of benzene rings is 1. The van der Waals surface area contributed by atoms with Crippen molar-refractivity contribution in [2.24, 2.45) is 5.73 Å². The Morgan fingerprint density at radius 2 is 2.17 bits per heavy atom. The fraction of sp³-hybridized carbons (Fsp3) is 0.333. The van der Waals surface area contributed by atoms with E-state index >= 15 is 0 Å². The summed E-state index contributed by atoms with van der Waals surface area (Å²) in [7, 11) is 1.56. The highest BCUT2D eigenvalue weighted by Crippen LogP contribution is 2.27. The van der Waals surface area contributed by atoms with Crippen LogP contribution in [-0.4, -0.2) is 12.2 Å². The molecular weight excluding hydrogens is 154 g/mol. The van der Waals surface area contributed by atoms with Crippen molar-refractivity contribution in [1.82, 2.24) is 0 Å². The molecule has 66 valence electrons. The van der Waals surface area contributed by atoms with Gasteiger partial charge in [0, 0.05) is 17.7 Å². The summed E-state index contributed by atoms with van der Waals surface area (Å²) in [4.78, 5) is 0. The van der Waals surface area contributed by atoms with Crippen molar-refractivity contribution in [3.63, 3.8) is 0 Å². The lowest BCUT2D eigenvalue weighted by molar-refractivity contribution is 0.400. The molecule has 0 fully saturated rings. The van der Waals surface area contributed by atoms with E-state index in [1.54, 1.807) is 25.3 Å². The van der Waals surface area contributed by atoms with Gasteiger partial charge in [0.25, 0.3) is 0 Å². The van der Waals surface area contributed by atoms with Crippen LogP contribution in [-0.2, 0) is 0 Å². The molecule has 0 saturated carbocycles. The Hall–Kier alpha value is -1.22. The largest absolute Gasteiger partial charge is 0.508 e. The highest BCUT2D eigenvalue weighted by atomic mass is 16.5. The number of methoxy groups -OCH3 is 1. The van der Waals surface area contributed by atoms with E-state index in [0.29, 0.717) is 5.75 Å². The molecule has 3 N–H and O–H groups in total. The molecular formula is C9H13NO2. The van der Waals surface area contributed by atoms with Crippen molar-refractivity contribution in [3.05, 3.63) is 23.8 Å². The summed E-state index contributed by atoms with van der Waals surface area (Å²) < 4.78 is 5.05. The number of phenolic OH excluding ortho intramolecular Hbond substituents is 1. The molecule has 0 aliphatic carbocycles. The van der Waals surface area contributed by atoms with E-state index in [1.807, 2.05) is 6.92 Å². The first-order valence-corrected chi connectivity index (χ1v) is 3.77. The van der Waals surface area contributed by atoms with E-state index in [9.17, 15) is 0 Å². The lowest BCUT2D eigenvalue weighted by Gasteiger charge is -2.11. The van der Waals surface area contributed by atoms with E-state index in [2.05, 4.69) is 0 Å². The summed E-state index contributed by atoms with van der Waals surface area (Å²) >= 11 is 0. The number of rotatable bonds is 2. The minimum absolute atomic E-state index is 0.0828. The Morgan fingerprint density at radius 3 is 2.67 bits per heavy atom. The van der Waals surface area contributed by atoms with Gasteiger partial charge in [-0.3, -0.25) is 0 Å². The molecule has 3 nitrogen and oxygen atoms in total. The third-order valence-electron chi connectivity index (χ3n) is 1.71. The van der Waals surface area contributed by atoms with Crippen LogP contribution in [0.3, 0.4) is 0 Å². The number of hydrogen-bond acceptors (Lipinski definition) is 3. The molecule has 0 saturated heterocycles. The van der Waals surface area contributed by atoms with E-state index in [4.69, 9.17) is 15.6 Å². The Morgan fingerprint density at radius 1 is 1.50 bits per heavy atom. The molecule has 0 spiro atoms. The summed E-state index contributed by atoms with van der Waals surface area (Å²) in [5, 5.41) is 9.13. The minimum Gasteiger partial charge on any atom is -0.508 e. The van der Waals surface area contributed by atoms with Gasteiger partial charge in [-0.2, -0.15) is 0 Å². The molecule has 1 rings (SSSR count). The van der Waals surface area contributed by atoms with Crippen molar-refractivity contribution in [2.45, 2.75) is 13.0 Å². The molecule has 0 heterocycles. The third kappa shape index (κ3) is 1.68. The number of ether oxygens (including phenoxy) is 1. The molecule has 0 amide bonds. The average Bonchev–Trinajstić information content (AvgIpc) is 2.03. The molecule has 0 aromatic heterocycles. The predicted octanol–water partition coefficient (Wildman–Crippen LogP) is 1.42. The Bertz CT molecular complexity index is 271. The topological polar surface area (TPSA) is 55.5 Å². The maximum atomic E-state index is 9.13. The lowest BCUT2D eigenvalue weighted by Crippen LogP contribution is -2.06. The molecule has 0 radical (unpaired) electrons. The monoisotopic (exact) mass is 167 g/mol. The second-order valence-corrected chi connectivity index (χ2v) is 2.71. The molecule has 1 atom stereocenters. The SMILES string of the molecule is COc1cc(O)ccc1[C@@H](C)N. The Labute approximate surface area is 71.8 Å². The van der Waals surface area contributed by atoms with Gasteiger partial charge in [-0.25, -0.2) is 0 Å². The molecule has 12 heavy (non-hydrogen) atoms. The highest BCUT2D eigenvalue weighted by molar-refractivity contribution is 5.41. The van der Waals surface area contributed by atoms with Gasteiger partial charge in [-0.15, -0.1) is 0 Å². The quantitative estimate of drug-likeness (QED) is 0.700. The molecule has 1 aromatic carbocycles. The van der Waals surface area contributed by atoms with Gasteiger partial charge in [0.1, 0.15) is 11.5 Å². The van der Waals surface area contributed by atoms with Crippen LogP contribution in [0.15, 0.2) is 18.2 Å². The van der Waals surface area contributed by atoms with Gasteiger partial charge < -0.3 is 15.6 Å². The summed E-state index contributed by atoms with van der Waals surface area (Å²) in [5.41, 5.74) is 6.58. The van der Waals surface area contributed by atoms with E-state index in [1.165, 1.54) is 0 Å². The lowest BCUT2D eigenvalue weighted by atomic mass is 10.1. The Balaban J connectivity index is 3.11. The van der Waals surface area contributed by atoms with Crippen LogP contribution in [0.25, 0.3) is 0 Å². The number of nitrogens with two attached hydrogens (primary N) is 1. The summed E-state index contributed by atoms with van der Waals surface area (Å²) in [5.74, 6) is 0.821. The normalized spacial score (nSPS) is 12.6. The summed E-state index contributed by atoms with van der Waals surface area (Å²) in [6, 6.07) is 4.83. The minimum atomic E-state index is -0.0828. The van der Waals surface area contributed by atoms with Crippen LogP contribution in [0.2, 0.25) is 0 Å². The second kappa shape index (κ2) is 3.45. The maximum Gasteiger partial charge on any atom is 0.127 e. The fourth-order valence-corrected chi connectivity index (χ4v) is 1.08. The molecule has 1 aromatic rings. The average molecular weight is 167 g/mol. The Kier molecular flexibility index (Phi) is 2.55. The van der Waals surface area contributed by atoms with Gasteiger partial charge in [0.2, 0.25) is 0 Å². The van der Waals surface area contributed by atoms with Crippen LogP contribution in [0.5, 0.6) is 11.5 Å². The van der Waals surface area contributed by atoms with E-state index < -0.39 is 0 Å². The van der Waals surface area contributed by atoms with Crippen molar-refractivity contribution in [3.8, 4) is 11.5 Å². The molecule has 0 bridgehead atoms. The molecule has 3 heteroatoms. The van der Waals surface area contributed by atoms with Crippen molar-refractivity contribution >= 4 is 0 Å². The zero-order valence-corrected chi connectivity index (χ0v) is 7.24. The summed E-state index contributed by atoms with van der Waals surface area (Å²) in [6.45, 7) is 1.87. The van der Waals surface area contributed by atoms with Crippen molar-refractivity contribution in [1.29, 1.82) is 0 Å². The van der Waals surface area contributed by atoms with Crippen molar-refractivity contribution in [2.75, 3.05) is 7.11 Å². The number of aromatic hydroxyl groups is 1. The number of phenols is 1. The first kappa shape index (κ1) is 8.87. The zero-order valence-electron chi connectivity index (χ0n) is 7.24. The smallest absolute Gasteiger partial charge is 0.127 e. The first-order chi connectivity index (χ1) is 5.65. The highest BCUT2D eigenvalue weighted by Gasteiger charge is 2.07. The van der Waals surface area contributed by atoms with Crippen LogP contribution in [0.1, 0.15) is 18.5 Å². The van der Waals surface area contributed by atoms with E-state index in [-0.39, 0.29) is 11.8 Å². The molecule has 0 aliphatic rings. The second-order valence-electron chi connectivity index (χ2n) is 2.71. The zero-order chi connectivity index (χ0) is 9.14. The van der Waals surface area contributed by atoms with Crippen LogP contribution < -0.4 is 10.5 Å². The summed E-state index contributed by atoms with van der Waals surface area (Å²) in [6.07, 6.45) is 0. The van der Waals surface area contributed by atoms with Crippen LogP contribution in [0.4, 0.5) is 0 Å². The molecule has 0 aliphatic heterocycles. The van der Waals surface area contributed by atoms with Gasteiger partial charge in [0.15, 0.2) is 0 Å². The van der Waals surface area contributed by atoms with Crippen LogP contribution >= 0.6 is 0 Å². The number of hydrogen-bond donors (Lipinski definition) is 2. The van der Waals surface area contributed by atoms with Gasteiger partial charge in [0.05, 0.1) is 7.11 Å². The van der Waals surface area contributed by atoms with Crippen LogP contribution in [0, 0.1) is 0 Å². The maximum absolute atomic E-state index is 9.13. The first-order valence-electron chi connectivity index (χ1n) is 3.77. The van der Waals surface area contributed by atoms with E-state index in [0.717, 1.165) is 5.56 Å². The standard InChI is InChI=1S/C9H13NO2/c1-6(10)8-4-3-7(11)5-9(8)12-2/h3-6,11H,10H2,1-2H3/t6-/m1/s1. The van der Waals surface area contributed by atoms with Gasteiger partial charge >= 0.3 is 0 Å². The van der Waals surface area contributed by atoms with Gasteiger partial charge in [-0.1, -0.05) is 6.07 Å². The third-order valence-corrected chi connectivity index (χ3v) is 1.71. The van der Waals surface area contributed by atoms with Crippen molar-refractivity contribution < 1.29 is 9.84 Å². The van der Waals surface area contributed by atoms with Gasteiger partial charge in [-0.05, 0) is 13.0 Å². The fourth-order valence-electron chi connectivity index (χ4n) is 1.08. The molecule has 0 unspecified atom stereocenters.